The number of methoxy groups -OCH3 is 1. The van der Waals surface area contributed by atoms with Gasteiger partial charge in [-0.2, -0.15) is 0 Å². The molecule has 0 aliphatic carbocycles. The molecule has 134 valence electrons. The molecular weight excluding hydrogens is 340 g/mol. The van der Waals surface area contributed by atoms with E-state index >= 15 is 0 Å². The summed E-state index contributed by atoms with van der Waals surface area (Å²) in [6, 6.07) is 0. The number of nitrogens with zero attached hydrogens (tertiary/aromatic N) is 2. The number of piperazine rings is 1. The Kier molecular flexibility index (Phi) is 12.3. The quantitative estimate of drug-likeness (QED) is 0.473. The number of amides is 1. The molecule has 0 atom stereocenters. The van der Waals surface area contributed by atoms with E-state index in [1.807, 2.05) is 6.92 Å². The number of carbonyl (C=O) groups excluding carboxylic acids is 1. The van der Waals surface area contributed by atoms with Gasteiger partial charge in [0.1, 0.15) is 0 Å². The fraction of sp³-hybridized carbons (Fsp3) is 0.769. The van der Waals surface area contributed by atoms with Crippen LogP contribution in [0.3, 0.4) is 0 Å². The van der Waals surface area contributed by atoms with Crippen molar-refractivity contribution in [1.82, 2.24) is 15.1 Å². The minimum atomic E-state index is -0.500. The van der Waals surface area contributed by atoms with E-state index in [1.165, 1.54) is 0 Å². The summed E-state index contributed by atoms with van der Waals surface area (Å²) in [6.45, 7) is 7.34. The summed E-state index contributed by atoms with van der Waals surface area (Å²) in [6.07, 6.45) is 0.803. The molecule has 0 aromatic carbocycles. The zero-order chi connectivity index (χ0) is 17.7. The minimum Gasteiger partial charge on any atom is -0.487 e. The van der Waals surface area contributed by atoms with Crippen LogP contribution >= 0.6 is 24.4 Å². The van der Waals surface area contributed by atoms with Gasteiger partial charge in [-0.3, -0.25) is 4.90 Å². The number of carbonyl (C=O) groups is 1. The fourth-order valence-corrected chi connectivity index (χ4v) is 2.04. The topological polar surface area (TPSA) is 100 Å². The van der Waals surface area contributed by atoms with Crippen LogP contribution in [-0.2, 0) is 9.47 Å². The zero-order valence-electron chi connectivity index (χ0n) is 13.6. The Morgan fingerprint density at radius 3 is 2.35 bits per heavy atom. The van der Waals surface area contributed by atoms with Gasteiger partial charge in [-0.15, -0.1) is 0 Å². The SMILES string of the molecule is CCOC(=O)N1CCN(CCCNC(=S)OC)CC1.NC(O)=S. The predicted octanol–water partition coefficient (Wildman–Crippen LogP) is 0.460. The van der Waals surface area contributed by atoms with Crippen LogP contribution in [0.2, 0.25) is 0 Å². The second-order valence-corrected chi connectivity index (χ2v) is 5.43. The van der Waals surface area contributed by atoms with Gasteiger partial charge >= 0.3 is 6.09 Å². The highest BCUT2D eigenvalue weighted by atomic mass is 32.1. The van der Waals surface area contributed by atoms with Crippen molar-refractivity contribution in [3.63, 3.8) is 0 Å². The van der Waals surface area contributed by atoms with Crippen LogP contribution in [0.4, 0.5) is 4.79 Å². The van der Waals surface area contributed by atoms with Crippen LogP contribution in [0.25, 0.3) is 0 Å². The Morgan fingerprint density at radius 1 is 1.30 bits per heavy atom. The van der Waals surface area contributed by atoms with E-state index in [1.54, 1.807) is 12.0 Å². The first-order valence-corrected chi connectivity index (χ1v) is 8.16. The number of aliphatic hydroxyl groups is 1. The molecule has 0 unspecified atom stereocenters. The lowest BCUT2D eigenvalue weighted by Crippen LogP contribution is -2.49. The molecule has 23 heavy (non-hydrogen) atoms. The molecule has 4 N–H and O–H groups in total. The van der Waals surface area contributed by atoms with Crippen molar-refractivity contribution in [2.75, 3.05) is 53.0 Å². The van der Waals surface area contributed by atoms with Crippen LogP contribution in [0.5, 0.6) is 0 Å². The largest absolute Gasteiger partial charge is 0.487 e. The standard InChI is InChI=1S/C12H23N3O3S.CH3NOS/c1-3-18-12(16)15-9-7-14(8-10-15)6-4-5-13-11(19)17-2;2-1(3)4/h3-10H2,1-2H3,(H,13,19);(H3,2,3,4). The van der Waals surface area contributed by atoms with Crippen molar-refractivity contribution in [3.8, 4) is 0 Å². The van der Waals surface area contributed by atoms with Gasteiger partial charge in [-0.05, 0) is 44.3 Å². The van der Waals surface area contributed by atoms with Crippen molar-refractivity contribution < 1.29 is 19.4 Å². The molecule has 10 heteroatoms. The number of ether oxygens (including phenoxy) is 2. The van der Waals surface area contributed by atoms with Crippen molar-refractivity contribution in [2.24, 2.45) is 5.73 Å². The Balaban J connectivity index is 0.00000108. The number of nitrogens with one attached hydrogen (secondary N) is 1. The summed E-state index contributed by atoms with van der Waals surface area (Å²) in [4.78, 5) is 15.6. The second-order valence-electron chi connectivity index (χ2n) is 4.64. The molecule has 0 saturated carbocycles. The molecule has 1 rings (SSSR count). The summed E-state index contributed by atoms with van der Waals surface area (Å²) >= 11 is 8.76. The van der Waals surface area contributed by atoms with E-state index in [0.717, 1.165) is 45.7 Å². The normalized spacial score (nSPS) is 14.3. The van der Waals surface area contributed by atoms with Gasteiger partial charge in [0, 0.05) is 32.7 Å². The molecule has 0 aromatic rings. The zero-order valence-corrected chi connectivity index (χ0v) is 15.3. The maximum Gasteiger partial charge on any atom is 0.409 e. The van der Waals surface area contributed by atoms with Crippen LogP contribution in [0.15, 0.2) is 0 Å². The van der Waals surface area contributed by atoms with Crippen LogP contribution in [0, 0.1) is 0 Å². The lowest BCUT2D eigenvalue weighted by atomic mass is 10.3. The maximum atomic E-state index is 11.5. The summed E-state index contributed by atoms with van der Waals surface area (Å²) in [5.41, 5.74) is 4.40. The third-order valence-electron chi connectivity index (χ3n) is 3.00. The first-order chi connectivity index (χ1) is 10.9. The molecule has 0 bridgehead atoms. The predicted molar refractivity (Wildman–Crippen MR) is 96.7 cm³/mol. The fourth-order valence-electron chi connectivity index (χ4n) is 1.93. The van der Waals surface area contributed by atoms with E-state index < -0.39 is 5.17 Å². The Labute approximate surface area is 147 Å². The van der Waals surface area contributed by atoms with Gasteiger partial charge in [0.05, 0.1) is 13.7 Å². The molecular formula is C13H26N4O4S2. The Bertz CT molecular complexity index is 373. The molecule has 0 aromatic heterocycles. The molecule has 8 nitrogen and oxygen atoms in total. The molecule has 1 fully saturated rings. The van der Waals surface area contributed by atoms with Gasteiger partial charge in [-0.1, -0.05) is 0 Å². The number of thiocarbonyl (C=S) groups is 2. The van der Waals surface area contributed by atoms with E-state index in [9.17, 15) is 4.79 Å². The first-order valence-electron chi connectivity index (χ1n) is 7.35. The number of hydrogen-bond acceptors (Lipinski definition) is 6. The molecule has 1 saturated heterocycles. The van der Waals surface area contributed by atoms with Crippen molar-refractivity contribution in [3.05, 3.63) is 0 Å². The number of hydrogen-bond donors (Lipinski definition) is 3. The molecule has 1 aliphatic heterocycles. The van der Waals surface area contributed by atoms with Crippen LogP contribution in [-0.4, -0.2) is 84.3 Å². The highest BCUT2D eigenvalue weighted by molar-refractivity contribution is 7.80. The van der Waals surface area contributed by atoms with E-state index in [0.29, 0.717) is 11.8 Å². The summed E-state index contributed by atoms with van der Waals surface area (Å²) in [7, 11) is 1.56. The lowest BCUT2D eigenvalue weighted by Gasteiger charge is -2.33. The van der Waals surface area contributed by atoms with E-state index in [2.05, 4.69) is 28.2 Å². The van der Waals surface area contributed by atoms with Gasteiger partial charge in [-0.25, -0.2) is 4.79 Å². The number of rotatable bonds is 5. The summed E-state index contributed by atoms with van der Waals surface area (Å²) in [5.74, 6) is 0. The Hall–Kier alpha value is -1.39. The average Bonchev–Trinajstić information content (AvgIpc) is 2.51. The average molecular weight is 367 g/mol. The van der Waals surface area contributed by atoms with Crippen LogP contribution < -0.4 is 11.1 Å². The van der Waals surface area contributed by atoms with Crippen LogP contribution in [0.1, 0.15) is 13.3 Å². The lowest BCUT2D eigenvalue weighted by molar-refractivity contribution is 0.0794. The highest BCUT2D eigenvalue weighted by Gasteiger charge is 2.21. The molecule has 0 radical (unpaired) electrons. The number of nitrogens with two attached hydrogens (primary N) is 1. The van der Waals surface area contributed by atoms with Gasteiger partial charge < -0.3 is 30.5 Å². The van der Waals surface area contributed by atoms with Gasteiger partial charge in [0.25, 0.3) is 10.3 Å². The Morgan fingerprint density at radius 2 is 1.87 bits per heavy atom. The maximum absolute atomic E-state index is 11.5. The van der Waals surface area contributed by atoms with Crippen molar-refractivity contribution >= 4 is 40.9 Å². The minimum absolute atomic E-state index is 0.200. The molecule has 1 amide bonds. The summed E-state index contributed by atoms with van der Waals surface area (Å²) < 4.78 is 9.84. The monoisotopic (exact) mass is 366 g/mol. The summed E-state index contributed by atoms with van der Waals surface area (Å²) in [5, 5.41) is 10.5. The van der Waals surface area contributed by atoms with Gasteiger partial charge in [0.15, 0.2) is 0 Å². The van der Waals surface area contributed by atoms with E-state index in [4.69, 9.17) is 26.8 Å². The molecule has 1 aliphatic rings. The van der Waals surface area contributed by atoms with Crippen molar-refractivity contribution in [2.45, 2.75) is 13.3 Å². The highest BCUT2D eigenvalue weighted by Crippen LogP contribution is 2.04. The first kappa shape index (κ1) is 21.6. The van der Waals surface area contributed by atoms with Crippen molar-refractivity contribution in [1.29, 1.82) is 0 Å². The molecule has 0 spiro atoms. The second kappa shape index (κ2) is 13.1. The van der Waals surface area contributed by atoms with E-state index in [-0.39, 0.29) is 6.09 Å². The third-order valence-corrected chi connectivity index (χ3v) is 3.32. The number of aliphatic hydroxyl groups excluding tert-OH is 1. The molecule has 1 heterocycles. The van der Waals surface area contributed by atoms with Gasteiger partial charge in [0.2, 0.25) is 0 Å². The smallest absolute Gasteiger partial charge is 0.409 e. The third kappa shape index (κ3) is 11.8.